The average molecular weight is 289 g/mol. The van der Waals surface area contributed by atoms with Crippen LogP contribution in [0.5, 0.6) is 0 Å². The van der Waals surface area contributed by atoms with Gasteiger partial charge in [0.2, 0.25) is 0 Å². The van der Waals surface area contributed by atoms with Crippen LogP contribution in [0.2, 0.25) is 0 Å². The van der Waals surface area contributed by atoms with Gasteiger partial charge in [-0.1, -0.05) is 36.6 Å². The van der Waals surface area contributed by atoms with E-state index in [0.29, 0.717) is 12.6 Å². The summed E-state index contributed by atoms with van der Waals surface area (Å²) >= 11 is 0. The molecule has 116 valence electrons. The number of benzene rings is 1. The second kappa shape index (κ2) is 6.61. The molecular weight excluding hydrogens is 262 g/mol. The van der Waals surface area contributed by atoms with Crippen molar-refractivity contribution < 1.29 is 9.53 Å². The summed E-state index contributed by atoms with van der Waals surface area (Å²) in [7, 11) is 0. The molecule has 1 aromatic rings. The predicted molar refractivity (Wildman–Crippen MR) is 85.3 cm³/mol. The van der Waals surface area contributed by atoms with E-state index in [1.807, 2.05) is 13.8 Å². The minimum atomic E-state index is -0.763. The minimum absolute atomic E-state index is 0.175. The maximum Gasteiger partial charge on any atom is 0.330 e. The Labute approximate surface area is 128 Å². The molecule has 3 heteroatoms. The molecule has 0 aliphatic heterocycles. The summed E-state index contributed by atoms with van der Waals surface area (Å²) in [5.41, 5.74) is 2.56. The second-order valence-corrected chi connectivity index (χ2v) is 6.29. The van der Waals surface area contributed by atoms with Crippen LogP contribution in [0.4, 0.5) is 0 Å². The van der Waals surface area contributed by atoms with Crippen molar-refractivity contribution in [1.29, 1.82) is 0 Å². The Hall–Kier alpha value is -1.35. The molecule has 0 saturated heterocycles. The SMILES string of the molecule is CCOC(=O)C(C)(NC1CCCC1)c1cc(C)ccc1C. The fourth-order valence-corrected chi connectivity index (χ4v) is 3.27. The van der Waals surface area contributed by atoms with Crippen LogP contribution in [-0.2, 0) is 15.1 Å². The minimum Gasteiger partial charge on any atom is -0.464 e. The molecule has 2 rings (SSSR count). The van der Waals surface area contributed by atoms with Crippen molar-refractivity contribution in [2.24, 2.45) is 0 Å². The van der Waals surface area contributed by atoms with E-state index >= 15 is 0 Å². The van der Waals surface area contributed by atoms with Crippen LogP contribution in [0.15, 0.2) is 18.2 Å². The van der Waals surface area contributed by atoms with E-state index in [4.69, 9.17) is 4.74 Å². The Kier molecular flexibility index (Phi) is 5.04. The highest BCUT2D eigenvalue weighted by atomic mass is 16.5. The fraction of sp³-hybridized carbons (Fsp3) is 0.611. The van der Waals surface area contributed by atoms with Crippen LogP contribution >= 0.6 is 0 Å². The van der Waals surface area contributed by atoms with Gasteiger partial charge in [0, 0.05) is 6.04 Å². The van der Waals surface area contributed by atoms with Gasteiger partial charge in [0.05, 0.1) is 6.61 Å². The van der Waals surface area contributed by atoms with Gasteiger partial charge in [0.25, 0.3) is 0 Å². The van der Waals surface area contributed by atoms with Gasteiger partial charge < -0.3 is 4.74 Å². The summed E-state index contributed by atoms with van der Waals surface area (Å²) in [6.45, 7) is 8.35. The summed E-state index contributed by atoms with van der Waals surface area (Å²) in [5, 5.41) is 3.59. The number of carbonyl (C=O) groups excluding carboxylic acids is 1. The van der Waals surface area contributed by atoms with E-state index in [1.54, 1.807) is 0 Å². The summed E-state index contributed by atoms with van der Waals surface area (Å²) < 4.78 is 5.37. The van der Waals surface area contributed by atoms with Crippen LogP contribution in [-0.4, -0.2) is 18.6 Å². The van der Waals surface area contributed by atoms with Gasteiger partial charge in [-0.2, -0.15) is 0 Å². The van der Waals surface area contributed by atoms with Crippen LogP contribution in [0, 0.1) is 13.8 Å². The number of aryl methyl sites for hydroxylation is 2. The summed E-state index contributed by atoms with van der Waals surface area (Å²) in [5.74, 6) is -0.175. The topological polar surface area (TPSA) is 38.3 Å². The van der Waals surface area contributed by atoms with Gasteiger partial charge in [-0.15, -0.1) is 0 Å². The van der Waals surface area contributed by atoms with Gasteiger partial charge in [-0.3, -0.25) is 5.32 Å². The van der Waals surface area contributed by atoms with Crippen molar-refractivity contribution in [3.63, 3.8) is 0 Å². The molecular formula is C18H27NO2. The zero-order valence-corrected chi connectivity index (χ0v) is 13.7. The maximum absolute atomic E-state index is 12.6. The van der Waals surface area contributed by atoms with Crippen molar-refractivity contribution >= 4 is 5.97 Å². The first-order valence-corrected chi connectivity index (χ1v) is 8.00. The molecule has 1 atom stereocenters. The van der Waals surface area contributed by atoms with Gasteiger partial charge in [0.15, 0.2) is 0 Å². The van der Waals surface area contributed by atoms with E-state index < -0.39 is 5.54 Å². The highest BCUT2D eigenvalue weighted by molar-refractivity contribution is 5.83. The molecule has 1 saturated carbocycles. The Morgan fingerprint density at radius 2 is 2.00 bits per heavy atom. The smallest absolute Gasteiger partial charge is 0.330 e. The van der Waals surface area contributed by atoms with Crippen molar-refractivity contribution in [3.05, 3.63) is 34.9 Å². The zero-order valence-electron chi connectivity index (χ0n) is 13.7. The number of ether oxygens (including phenoxy) is 1. The normalized spacial score (nSPS) is 18.5. The lowest BCUT2D eigenvalue weighted by Gasteiger charge is -2.33. The third-order valence-electron chi connectivity index (χ3n) is 4.46. The molecule has 1 aromatic carbocycles. The second-order valence-electron chi connectivity index (χ2n) is 6.29. The Morgan fingerprint density at radius 1 is 1.33 bits per heavy atom. The molecule has 0 radical (unpaired) electrons. The van der Waals surface area contributed by atoms with Crippen LogP contribution in [0.3, 0.4) is 0 Å². The molecule has 0 amide bonds. The van der Waals surface area contributed by atoms with Crippen LogP contribution < -0.4 is 5.32 Å². The van der Waals surface area contributed by atoms with Gasteiger partial charge in [-0.05, 0) is 51.7 Å². The van der Waals surface area contributed by atoms with Crippen LogP contribution in [0.1, 0.15) is 56.2 Å². The van der Waals surface area contributed by atoms with Crippen LogP contribution in [0.25, 0.3) is 0 Å². The van der Waals surface area contributed by atoms with Crippen molar-refractivity contribution in [2.75, 3.05) is 6.61 Å². The highest BCUT2D eigenvalue weighted by Gasteiger charge is 2.40. The molecule has 0 heterocycles. The standard InChI is InChI=1S/C18H27NO2/c1-5-21-17(20)18(4,19-15-8-6-7-9-15)16-12-13(2)10-11-14(16)3/h10-12,15,19H,5-9H2,1-4H3. The number of carbonyl (C=O) groups is 1. The molecule has 21 heavy (non-hydrogen) atoms. The van der Waals surface area contributed by atoms with Gasteiger partial charge >= 0.3 is 5.97 Å². The van der Waals surface area contributed by atoms with Crippen molar-refractivity contribution in [1.82, 2.24) is 5.32 Å². The lowest BCUT2D eigenvalue weighted by molar-refractivity contribution is -0.151. The molecule has 1 unspecified atom stereocenters. The molecule has 0 aromatic heterocycles. The third-order valence-corrected chi connectivity index (χ3v) is 4.46. The predicted octanol–water partition coefficient (Wildman–Crippen LogP) is 3.61. The van der Waals surface area contributed by atoms with E-state index in [2.05, 4.69) is 37.4 Å². The molecule has 0 bridgehead atoms. The molecule has 1 aliphatic carbocycles. The number of nitrogens with one attached hydrogen (secondary N) is 1. The first kappa shape index (κ1) is 16.0. The van der Waals surface area contributed by atoms with Crippen molar-refractivity contribution in [2.45, 2.75) is 65.0 Å². The summed E-state index contributed by atoms with van der Waals surface area (Å²) in [6, 6.07) is 6.67. The lowest BCUT2D eigenvalue weighted by atomic mass is 9.86. The Morgan fingerprint density at radius 3 is 2.62 bits per heavy atom. The highest BCUT2D eigenvalue weighted by Crippen LogP contribution is 2.30. The molecule has 1 aliphatic rings. The first-order chi connectivity index (χ1) is 9.97. The van der Waals surface area contributed by atoms with E-state index in [-0.39, 0.29) is 5.97 Å². The quantitative estimate of drug-likeness (QED) is 0.841. The fourth-order valence-electron chi connectivity index (χ4n) is 3.27. The largest absolute Gasteiger partial charge is 0.464 e. The van der Waals surface area contributed by atoms with E-state index in [0.717, 1.165) is 24.0 Å². The Bertz CT molecular complexity index is 506. The lowest BCUT2D eigenvalue weighted by Crippen LogP contribution is -2.51. The van der Waals surface area contributed by atoms with E-state index in [1.165, 1.54) is 18.4 Å². The number of hydrogen-bond donors (Lipinski definition) is 1. The third kappa shape index (κ3) is 3.46. The Balaban J connectivity index is 2.38. The number of hydrogen-bond acceptors (Lipinski definition) is 3. The molecule has 1 N–H and O–H groups in total. The monoisotopic (exact) mass is 289 g/mol. The van der Waals surface area contributed by atoms with Crippen molar-refractivity contribution in [3.8, 4) is 0 Å². The summed E-state index contributed by atoms with van der Waals surface area (Å²) in [6.07, 6.45) is 4.76. The average Bonchev–Trinajstić information content (AvgIpc) is 2.94. The zero-order chi connectivity index (χ0) is 15.5. The first-order valence-electron chi connectivity index (χ1n) is 8.00. The van der Waals surface area contributed by atoms with Gasteiger partial charge in [-0.25, -0.2) is 4.79 Å². The summed E-state index contributed by atoms with van der Waals surface area (Å²) in [4.78, 5) is 12.6. The van der Waals surface area contributed by atoms with E-state index in [9.17, 15) is 4.79 Å². The number of rotatable bonds is 5. The maximum atomic E-state index is 12.6. The molecule has 1 fully saturated rings. The molecule has 3 nitrogen and oxygen atoms in total. The van der Waals surface area contributed by atoms with Gasteiger partial charge in [0.1, 0.15) is 5.54 Å². The molecule has 0 spiro atoms. The number of esters is 1.